The maximum Gasteiger partial charge on any atom is 0.251 e. The number of anilines is 1. The lowest BCUT2D eigenvalue weighted by Crippen LogP contribution is -2.43. The van der Waals surface area contributed by atoms with Gasteiger partial charge in [0.25, 0.3) is 5.91 Å². The van der Waals surface area contributed by atoms with E-state index in [9.17, 15) is 4.79 Å². The van der Waals surface area contributed by atoms with E-state index in [1.54, 1.807) is 4.90 Å². The fourth-order valence-electron chi connectivity index (χ4n) is 2.30. The van der Waals surface area contributed by atoms with Crippen molar-refractivity contribution in [3.63, 3.8) is 0 Å². The molecule has 0 unspecified atom stereocenters. The van der Waals surface area contributed by atoms with Gasteiger partial charge in [-0.25, -0.2) is 15.1 Å². The van der Waals surface area contributed by atoms with Gasteiger partial charge in [0.05, 0.1) is 18.9 Å². The number of nitrogens with one attached hydrogen (secondary N) is 1. The summed E-state index contributed by atoms with van der Waals surface area (Å²) in [7, 11) is 0. The zero-order valence-electron chi connectivity index (χ0n) is 14.3. The van der Waals surface area contributed by atoms with E-state index in [0.29, 0.717) is 32.0 Å². The number of ether oxygens (including phenoxy) is 1. The zero-order chi connectivity index (χ0) is 18.4. The molecule has 1 fully saturated rings. The molecule has 1 aliphatic heterocycles. The summed E-state index contributed by atoms with van der Waals surface area (Å²) in [6.45, 7) is 3.96. The Kier molecular flexibility index (Phi) is 5.77. The number of nitrogen functional groups attached to an aromatic ring is 1. The van der Waals surface area contributed by atoms with Crippen molar-refractivity contribution in [3.05, 3.63) is 35.5 Å². The quantitative estimate of drug-likeness (QED) is 0.446. The van der Waals surface area contributed by atoms with Crippen LogP contribution in [0.1, 0.15) is 11.3 Å². The summed E-state index contributed by atoms with van der Waals surface area (Å²) < 4.78 is 9.84. The highest BCUT2D eigenvalue weighted by Gasteiger charge is 2.19. The number of aromatic nitrogens is 2. The van der Waals surface area contributed by atoms with Crippen LogP contribution in [0.15, 0.2) is 33.9 Å². The highest BCUT2D eigenvalue weighted by atomic mass is 16.6. The molecule has 0 bridgehead atoms. The Morgan fingerprint density at radius 1 is 1.31 bits per heavy atom. The largest absolute Gasteiger partial charge is 0.379 e. The molecule has 3 rings (SSSR count). The minimum Gasteiger partial charge on any atom is -0.379 e. The number of nitrogens with zero attached hydrogens (tertiary/aromatic N) is 4. The Morgan fingerprint density at radius 3 is 2.69 bits per heavy atom. The number of hydrogen-bond donors (Lipinski definition) is 2. The summed E-state index contributed by atoms with van der Waals surface area (Å²) in [5.41, 5.74) is 10.3. The van der Waals surface area contributed by atoms with Gasteiger partial charge in [-0.05, 0) is 29.4 Å². The van der Waals surface area contributed by atoms with Crippen molar-refractivity contribution in [1.29, 1.82) is 0 Å². The molecule has 2 aromatic rings. The summed E-state index contributed by atoms with van der Waals surface area (Å²) in [6.07, 6.45) is 0. The first-order valence-corrected chi connectivity index (χ1v) is 8.10. The van der Waals surface area contributed by atoms with E-state index in [2.05, 4.69) is 25.4 Å². The van der Waals surface area contributed by atoms with Crippen molar-refractivity contribution in [3.8, 4) is 0 Å². The van der Waals surface area contributed by atoms with Gasteiger partial charge in [0.15, 0.2) is 24.0 Å². The Morgan fingerprint density at radius 2 is 2.04 bits per heavy atom. The molecule has 1 aromatic heterocycles. The third-order valence-electron chi connectivity index (χ3n) is 3.74. The van der Waals surface area contributed by atoms with Crippen molar-refractivity contribution >= 4 is 23.2 Å². The standard InChI is InChI=1S/C16H20N6O4/c1-11-2-4-12(5-3-11)18-16(14-15(17)20-26-19-14)21-25-10-13(23)22-6-8-24-9-7-22/h2-5H,6-10H2,1H3,(H2,17,20)(H,18,21). The van der Waals surface area contributed by atoms with Crippen molar-refractivity contribution in [2.24, 2.45) is 4.99 Å². The topological polar surface area (TPSA) is 128 Å². The average Bonchev–Trinajstić information content (AvgIpc) is 3.09. The number of carbonyl (C=O) groups excluding carboxylic acids is 1. The molecule has 1 saturated heterocycles. The number of hydroxylamine groups is 1. The van der Waals surface area contributed by atoms with Gasteiger partial charge in [-0.15, -0.1) is 0 Å². The van der Waals surface area contributed by atoms with Crippen molar-refractivity contribution in [2.45, 2.75) is 6.92 Å². The van der Waals surface area contributed by atoms with Gasteiger partial charge in [-0.3, -0.25) is 9.63 Å². The highest BCUT2D eigenvalue weighted by Crippen LogP contribution is 2.15. The van der Waals surface area contributed by atoms with Crippen molar-refractivity contribution in [1.82, 2.24) is 20.7 Å². The van der Waals surface area contributed by atoms with Crippen LogP contribution in [-0.2, 0) is 14.4 Å². The number of rotatable bonds is 5. The van der Waals surface area contributed by atoms with E-state index in [1.165, 1.54) is 0 Å². The van der Waals surface area contributed by atoms with Crippen LogP contribution in [0.4, 0.5) is 11.5 Å². The maximum atomic E-state index is 12.1. The lowest BCUT2D eigenvalue weighted by Gasteiger charge is -2.26. The van der Waals surface area contributed by atoms with E-state index in [-0.39, 0.29) is 29.9 Å². The lowest BCUT2D eigenvalue weighted by molar-refractivity contribution is -0.141. The zero-order valence-corrected chi connectivity index (χ0v) is 14.3. The molecule has 0 aliphatic carbocycles. The predicted molar refractivity (Wildman–Crippen MR) is 92.6 cm³/mol. The molecule has 10 heteroatoms. The van der Waals surface area contributed by atoms with Crippen molar-refractivity contribution in [2.75, 3.05) is 38.6 Å². The number of amides is 1. The number of hydrogen-bond acceptors (Lipinski definition) is 8. The van der Waals surface area contributed by atoms with Gasteiger partial charge >= 0.3 is 0 Å². The van der Waals surface area contributed by atoms with E-state index < -0.39 is 0 Å². The lowest BCUT2D eigenvalue weighted by atomic mass is 10.2. The molecule has 0 radical (unpaired) electrons. The molecule has 0 spiro atoms. The van der Waals surface area contributed by atoms with Gasteiger partial charge in [0.2, 0.25) is 0 Å². The SMILES string of the molecule is Cc1ccc(N=C(NOCC(=O)N2CCOCC2)c2nonc2N)cc1. The van der Waals surface area contributed by atoms with E-state index >= 15 is 0 Å². The number of benzene rings is 1. The van der Waals surface area contributed by atoms with E-state index in [1.807, 2.05) is 31.2 Å². The van der Waals surface area contributed by atoms with Crippen LogP contribution >= 0.6 is 0 Å². The smallest absolute Gasteiger partial charge is 0.251 e. The molecular weight excluding hydrogens is 340 g/mol. The summed E-state index contributed by atoms with van der Waals surface area (Å²) in [6, 6.07) is 7.51. The van der Waals surface area contributed by atoms with Gasteiger partial charge in [0.1, 0.15) is 0 Å². The number of amidine groups is 1. The number of aliphatic imine (C=N–C) groups is 1. The Labute approximate surface area is 149 Å². The Hall–Kier alpha value is -2.98. The normalized spacial score (nSPS) is 15.1. The molecule has 0 saturated carbocycles. The molecule has 1 aliphatic rings. The minimum absolute atomic E-state index is 0.0615. The van der Waals surface area contributed by atoms with Gasteiger partial charge in [-0.1, -0.05) is 17.7 Å². The number of aryl methyl sites for hydroxylation is 1. The Bertz CT molecular complexity index is 767. The monoisotopic (exact) mass is 360 g/mol. The van der Waals surface area contributed by atoms with Crippen LogP contribution in [0.25, 0.3) is 0 Å². The minimum atomic E-state index is -0.169. The molecule has 0 atom stereocenters. The molecule has 138 valence electrons. The van der Waals surface area contributed by atoms with Crippen LogP contribution in [0.5, 0.6) is 0 Å². The fourth-order valence-corrected chi connectivity index (χ4v) is 2.30. The third kappa shape index (κ3) is 4.55. The molecule has 1 amide bonds. The van der Waals surface area contributed by atoms with Gasteiger partial charge in [0, 0.05) is 13.1 Å². The van der Waals surface area contributed by atoms with Crippen molar-refractivity contribution < 1.29 is 19.0 Å². The molecule has 26 heavy (non-hydrogen) atoms. The average molecular weight is 360 g/mol. The van der Waals surface area contributed by atoms with Crippen LogP contribution in [0.2, 0.25) is 0 Å². The fraction of sp³-hybridized carbons (Fsp3) is 0.375. The molecular formula is C16H20N6O4. The van der Waals surface area contributed by atoms with E-state index in [0.717, 1.165) is 5.56 Å². The molecule has 10 nitrogen and oxygen atoms in total. The number of nitrogens with two attached hydrogens (primary N) is 1. The second-order valence-electron chi connectivity index (χ2n) is 5.68. The highest BCUT2D eigenvalue weighted by molar-refractivity contribution is 6.01. The second-order valence-corrected chi connectivity index (χ2v) is 5.68. The van der Waals surface area contributed by atoms with Gasteiger partial charge < -0.3 is 15.4 Å². The summed E-state index contributed by atoms with van der Waals surface area (Å²) in [4.78, 5) is 23.5. The van der Waals surface area contributed by atoms with Crippen LogP contribution < -0.4 is 11.2 Å². The molecule has 1 aromatic carbocycles. The summed E-state index contributed by atoms with van der Waals surface area (Å²) >= 11 is 0. The van der Waals surface area contributed by atoms with Crippen LogP contribution in [0.3, 0.4) is 0 Å². The first kappa shape index (κ1) is 17.8. The second kappa shape index (κ2) is 8.41. The molecule has 2 heterocycles. The van der Waals surface area contributed by atoms with E-state index in [4.69, 9.17) is 15.3 Å². The first-order chi connectivity index (χ1) is 12.6. The number of carbonyl (C=O) groups is 1. The van der Waals surface area contributed by atoms with Crippen LogP contribution in [0, 0.1) is 6.92 Å². The first-order valence-electron chi connectivity index (χ1n) is 8.10. The number of morpholine rings is 1. The Balaban J connectivity index is 1.67. The summed E-state index contributed by atoms with van der Waals surface area (Å²) in [5, 5.41) is 7.26. The van der Waals surface area contributed by atoms with Crippen LogP contribution in [-0.4, -0.2) is 59.9 Å². The molecule has 3 N–H and O–H groups in total. The maximum absolute atomic E-state index is 12.1. The van der Waals surface area contributed by atoms with Gasteiger partial charge in [-0.2, -0.15) is 0 Å². The summed E-state index contributed by atoms with van der Waals surface area (Å²) in [5.74, 6) is 0.107. The predicted octanol–water partition coefficient (Wildman–Crippen LogP) is 0.419. The third-order valence-corrected chi connectivity index (χ3v) is 3.74.